The van der Waals surface area contributed by atoms with Gasteiger partial charge in [0.15, 0.2) is 0 Å². The topological polar surface area (TPSA) is 29.5 Å². The van der Waals surface area contributed by atoms with Crippen molar-refractivity contribution in [3.63, 3.8) is 0 Å². The van der Waals surface area contributed by atoms with E-state index in [-0.39, 0.29) is 5.60 Å². The summed E-state index contributed by atoms with van der Waals surface area (Å²) in [6, 6.07) is 8.98. The average molecular weight is 341 g/mol. The highest BCUT2D eigenvalue weighted by molar-refractivity contribution is 5.79. The molecule has 1 spiro atoms. The van der Waals surface area contributed by atoms with Crippen LogP contribution in [0.5, 0.6) is 0 Å². The Balaban J connectivity index is 1.33. The summed E-state index contributed by atoms with van der Waals surface area (Å²) in [5.74, 6) is 1.45. The van der Waals surface area contributed by atoms with Gasteiger partial charge in [0.05, 0.1) is 5.60 Å². The fraction of sp³-hybridized carbons (Fsp3) is 0.682. The molecule has 4 rings (SSSR count). The summed E-state index contributed by atoms with van der Waals surface area (Å²) < 4.78 is 6.28. The zero-order chi connectivity index (χ0) is 17.3. The van der Waals surface area contributed by atoms with E-state index >= 15 is 0 Å². The molecule has 0 aromatic heterocycles. The predicted molar refractivity (Wildman–Crippen MR) is 99.4 cm³/mol. The summed E-state index contributed by atoms with van der Waals surface area (Å²) in [7, 11) is 0. The van der Waals surface area contributed by atoms with E-state index in [1.807, 2.05) is 0 Å². The second-order valence-electron chi connectivity index (χ2n) is 8.53. The van der Waals surface area contributed by atoms with Crippen LogP contribution in [0.15, 0.2) is 24.3 Å². The molecule has 3 aliphatic rings. The van der Waals surface area contributed by atoms with Crippen molar-refractivity contribution in [2.45, 2.75) is 63.9 Å². The second kappa shape index (κ2) is 7.11. The van der Waals surface area contributed by atoms with Crippen molar-refractivity contribution in [3.05, 3.63) is 35.4 Å². The van der Waals surface area contributed by atoms with Crippen molar-refractivity contribution < 1.29 is 9.53 Å². The molecule has 2 saturated heterocycles. The molecule has 2 heterocycles. The van der Waals surface area contributed by atoms with Crippen LogP contribution >= 0.6 is 0 Å². The Labute approximate surface area is 151 Å². The molecule has 3 fully saturated rings. The number of likely N-dealkylation sites (tertiary alicyclic amines) is 1. The van der Waals surface area contributed by atoms with Crippen LogP contribution in [0.1, 0.15) is 56.1 Å². The molecule has 1 aliphatic carbocycles. The highest BCUT2D eigenvalue weighted by Gasteiger charge is 2.42. The van der Waals surface area contributed by atoms with Gasteiger partial charge in [0.2, 0.25) is 5.91 Å². The Bertz CT molecular complexity index is 597. The number of hydrogen-bond acceptors (Lipinski definition) is 2. The van der Waals surface area contributed by atoms with Gasteiger partial charge < -0.3 is 9.64 Å². The number of benzene rings is 1. The van der Waals surface area contributed by atoms with Crippen molar-refractivity contribution in [2.75, 3.05) is 19.7 Å². The van der Waals surface area contributed by atoms with Crippen LogP contribution in [-0.2, 0) is 16.0 Å². The molecule has 1 aromatic rings. The summed E-state index contributed by atoms with van der Waals surface area (Å²) in [5.41, 5.74) is 2.81. The number of hydrogen-bond donors (Lipinski definition) is 0. The molecule has 0 bridgehead atoms. The van der Waals surface area contributed by atoms with Gasteiger partial charge in [-0.3, -0.25) is 4.79 Å². The third-order valence-electron chi connectivity index (χ3n) is 6.68. The molecule has 3 nitrogen and oxygen atoms in total. The van der Waals surface area contributed by atoms with E-state index in [9.17, 15) is 4.79 Å². The Morgan fingerprint density at radius 1 is 1.16 bits per heavy atom. The van der Waals surface area contributed by atoms with E-state index in [4.69, 9.17) is 4.74 Å². The Morgan fingerprint density at radius 2 is 1.88 bits per heavy atom. The number of amides is 1. The molecule has 0 N–H and O–H groups in total. The zero-order valence-corrected chi connectivity index (χ0v) is 15.5. The SMILES string of the molecule is Cc1ccc(CC2CCOC3(CCN(C(=O)C4CCC4)CC3)C2)cc1. The molecular formula is C22H31NO2. The molecular weight excluding hydrogens is 310 g/mol. The molecule has 1 aromatic carbocycles. The van der Waals surface area contributed by atoms with Crippen LogP contribution in [0.25, 0.3) is 0 Å². The van der Waals surface area contributed by atoms with Gasteiger partial charge in [-0.1, -0.05) is 36.2 Å². The van der Waals surface area contributed by atoms with Gasteiger partial charge in [-0.2, -0.15) is 0 Å². The number of carbonyl (C=O) groups is 1. The number of aryl methyl sites for hydroxylation is 1. The average Bonchev–Trinajstić information content (AvgIpc) is 2.56. The maximum Gasteiger partial charge on any atom is 0.225 e. The van der Waals surface area contributed by atoms with E-state index in [0.29, 0.717) is 17.7 Å². The fourth-order valence-electron chi connectivity index (χ4n) is 4.76. The lowest BCUT2D eigenvalue weighted by Gasteiger charge is -2.47. The number of nitrogens with zero attached hydrogens (tertiary/aromatic N) is 1. The lowest BCUT2D eigenvalue weighted by molar-refractivity contribution is -0.152. The number of rotatable bonds is 3. The molecule has 1 amide bonds. The zero-order valence-electron chi connectivity index (χ0n) is 15.5. The van der Waals surface area contributed by atoms with Crippen LogP contribution in [0.2, 0.25) is 0 Å². The second-order valence-corrected chi connectivity index (χ2v) is 8.53. The number of carbonyl (C=O) groups excluding carboxylic acids is 1. The first-order chi connectivity index (χ1) is 12.1. The molecule has 0 radical (unpaired) electrons. The first-order valence-electron chi connectivity index (χ1n) is 10.1. The van der Waals surface area contributed by atoms with E-state index in [1.54, 1.807) is 0 Å². The maximum atomic E-state index is 12.5. The van der Waals surface area contributed by atoms with Crippen LogP contribution < -0.4 is 0 Å². The highest BCUT2D eigenvalue weighted by atomic mass is 16.5. The van der Waals surface area contributed by atoms with Gasteiger partial charge in [-0.25, -0.2) is 0 Å². The van der Waals surface area contributed by atoms with Gasteiger partial charge in [-0.15, -0.1) is 0 Å². The molecule has 2 aliphatic heterocycles. The summed E-state index contributed by atoms with van der Waals surface area (Å²) in [6.07, 6.45) is 8.98. The minimum Gasteiger partial charge on any atom is -0.375 e. The highest BCUT2D eigenvalue weighted by Crippen LogP contribution is 2.39. The largest absolute Gasteiger partial charge is 0.375 e. The predicted octanol–water partition coefficient (Wildman–Crippen LogP) is 4.13. The van der Waals surface area contributed by atoms with E-state index < -0.39 is 0 Å². The van der Waals surface area contributed by atoms with Gasteiger partial charge in [0, 0.05) is 25.6 Å². The molecule has 25 heavy (non-hydrogen) atoms. The summed E-state index contributed by atoms with van der Waals surface area (Å²) >= 11 is 0. The van der Waals surface area contributed by atoms with E-state index in [2.05, 4.69) is 36.1 Å². The Hall–Kier alpha value is -1.35. The van der Waals surface area contributed by atoms with E-state index in [0.717, 1.165) is 58.2 Å². The molecule has 1 atom stereocenters. The smallest absolute Gasteiger partial charge is 0.225 e. The van der Waals surface area contributed by atoms with Gasteiger partial charge in [0.25, 0.3) is 0 Å². The summed E-state index contributed by atoms with van der Waals surface area (Å²) in [6.45, 7) is 4.82. The third kappa shape index (κ3) is 3.76. The number of ether oxygens (including phenoxy) is 1. The summed E-state index contributed by atoms with van der Waals surface area (Å²) in [4.78, 5) is 14.6. The van der Waals surface area contributed by atoms with Crippen LogP contribution in [0.4, 0.5) is 0 Å². The van der Waals surface area contributed by atoms with Crippen molar-refractivity contribution >= 4 is 5.91 Å². The summed E-state index contributed by atoms with van der Waals surface area (Å²) in [5, 5.41) is 0. The Morgan fingerprint density at radius 3 is 2.52 bits per heavy atom. The van der Waals surface area contributed by atoms with Crippen LogP contribution in [0.3, 0.4) is 0 Å². The standard InChI is InChI=1S/C22H31NO2/c1-17-5-7-18(8-6-17)15-19-9-14-25-22(16-19)10-12-23(13-11-22)21(24)20-3-2-4-20/h5-8,19-20H,2-4,9-16H2,1H3. The van der Waals surface area contributed by atoms with Crippen molar-refractivity contribution in [1.29, 1.82) is 0 Å². The lowest BCUT2D eigenvalue weighted by atomic mass is 9.77. The molecule has 136 valence electrons. The quantitative estimate of drug-likeness (QED) is 0.827. The molecule has 3 heteroatoms. The van der Waals surface area contributed by atoms with Crippen molar-refractivity contribution in [1.82, 2.24) is 4.90 Å². The number of piperidine rings is 1. The molecule has 1 unspecified atom stereocenters. The van der Waals surface area contributed by atoms with Gasteiger partial charge >= 0.3 is 0 Å². The van der Waals surface area contributed by atoms with Crippen LogP contribution in [-0.4, -0.2) is 36.1 Å². The monoisotopic (exact) mass is 341 g/mol. The van der Waals surface area contributed by atoms with Crippen molar-refractivity contribution in [3.8, 4) is 0 Å². The first kappa shape index (κ1) is 17.1. The maximum absolute atomic E-state index is 12.5. The van der Waals surface area contributed by atoms with Crippen LogP contribution in [0, 0.1) is 18.8 Å². The minimum atomic E-state index is 0.0318. The van der Waals surface area contributed by atoms with Crippen molar-refractivity contribution in [2.24, 2.45) is 11.8 Å². The normalized spacial score (nSPS) is 26.4. The first-order valence-corrected chi connectivity index (χ1v) is 10.1. The third-order valence-corrected chi connectivity index (χ3v) is 6.68. The minimum absolute atomic E-state index is 0.0318. The fourth-order valence-corrected chi connectivity index (χ4v) is 4.76. The van der Waals surface area contributed by atoms with Gasteiger partial charge in [0.1, 0.15) is 0 Å². The molecule has 1 saturated carbocycles. The van der Waals surface area contributed by atoms with E-state index in [1.165, 1.54) is 24.0 Å². The lowest BCUT2D eigenvalue weighted by Crippen LogP contribution is -2.52. The van der Waals surface area contributed by atoms with Gasteiger partial charge in [-0.05, 0) is 63.4 Å². The Kier molecular flexibility index (Phi) is 4.86.